The quantitative estimate of drug-likeness (QED) is 0.531. The molecular weight excluding hydrogens is 388 g/mol. The van der Waals surface area contributed by atoms with Gasteiger partial charge >= 0.3 is 0 Å². The van der Waals surface area contributed by atoms with Crippen LogP contribution in [0.5, 0.6) is 11.5 Å². The van der Waals surface area contributed by atoms with Crippen molar-refractivity contribution in [1.29, 1.82) is 0 Å². The molecule has 1 heterocycles. The van der Waals surface area contributed by atoms with Crippen LogP contribution in [0.15, 0.2) is 48.5 Å². The van der Waals surface area contributed by atoms with Gasteiger partial charge in [0.25, 0.3) is 0 Å². The van der Waals surface area contributed by atoms with Gasteiger partial charge in [0, 0.05) is 13.1 Å². The van der Waals surface area contributed by atoms with Crippen LogP contribution in [0.2, 0.25) is 0 Å². The first-order valence-electron chi connectivity index (χ1n) is 11.7. The molecule has 5 heteroatoms. The largest absolute Gasteiger partial charge is 0.493 e. The van der Waals surface area contributed by atoms with E-state index >= 15 is 0 Å². The number of nitrogens with zero attached hydrogens (tertiary/aromatic N) is 1. The number of rotatable bonds is 11. The van der Waals surface area contributed by atoms with Crippen LogP contribution >= 0.6 is 0 Å². The number of methoxy groups -OCH3 is 1. The number of hydrogen-bond acceptors (Lipinski definition) is 5. The van der Waals surface area contributed by atoms with E-state index in [0.717, 1.165) is 38.2 Å². The number of likely N-dealkylation sites (tertiary alicyclic amines) is 1. The van der Waals surface area contributed by atoms with E-state index in [0.29, 0.717) is 18.0 Å². The second kappa shape index (κ2) is 13.4. The maximum atomic E-state index is 10.5. The lowest BCUT2D eigenvalue weighted by molar-refractivity contribution is 0.0644. The predicted molar refractivity (Wildman–Crippen MR) is 126 cm³/mol. The third-order valence-corrected chi connectivity index (χ3v) is 5.84. The summed E-state index contributed by atoms with van der Waals surface area (Å²) in [5.74, 6) is 1.39. The molecule has 0 amide bonds. The van der Waals surface area contributed by atoms with Gasteiger partial charge in [-0.15, -0.1) is 0 Å². The first-order valence-corrected chi connectivity index (χ1v) is 11.7. The van der Waals surface area contributed by atoms with Gasteiger partial charge in [0.15, 0.2) is 11.5 Å². The van der Waals surface area contributed by atoms with Crippen LogP contribution in [0.1, 0.15) is 43.2 Å². The summed E-state index contributed by atoms with van der Waals surface area (Å²) in [6, 6.07) is 16.5. The molecule has 0 aromatic heterocycles. The zero-order chi connectivity index (χ0) is 21.7. The van der Waals surface area contributed by atoms with Gasteiger partial charge in [-0.05, 0) is 62.2 Å². The van der Waals surface area contributed by atoms with Crippen LogP contribution in [0.25, 0.3) is 0 Å². The molecule has 31 heavy (non-hydrogen) atoms. The third kappa shape index (κ3) is 8.52. The molecule has 5 nitrogen and oxygen atoms in total. The van der Waals surface area contributed by atoms with Gasteiger partial charge in [0.2, 0.25) is 0 Å². The summed E-state index contributed by atoms with van der Waals surface area (Å²) < 4.78 is 11.4. The fourth-order valence-corrected chi connectivity index (χ4v) is 4.09. The highest BCUT2D eigenvalue weighted by Crippen LogP contribution is 2.28. The van der Waals surface area contributed by atoms with E-state index in [1.807, 2.05) is 18.2 Å². The summed E-state index contributed by atoms with van der Waals surface area (Å²) >= 11 is 0. The van der Waals surface area contributed by atoms with Crippen LogP contribution < -0.4 is 14.8 Å². The van der Waals surface area contributed by atoms with Crippen molar-refractivity contribution in [3.8, 4) is 11.5 Å². The lowest BCUT2D eigenvalue weighted by Gasteiger charge is -2.26. The molecule has 2 N–H and O–H groups in total. The van der Waals surface area contributed by atoms with Gasteiger partial charge < -0.3 is 24.8 Å². The smallest absolute Gasteiger partial charge is 0.161 e. The fourth-order valence-electron chi connectivity index (χ4n) is 4.09. The second-order valence-electron chi connectivity index (χ2n) is 8.43. The third-order valence-electron chi connectivity index (χ3n) is 5.84. The highest BCUT2D eigenvalue weighted by Gasteiger charge is 2.15. The summed E-state index contributed by atoms with van der Waals surface area (Å²) in [6.07, 6.45) is 6.89. The topological polar surface area (TPSA) is 54.0 Å². The van der Waals surface area contributed by atoms with Crippen molar-refractivity contribution in [2.24, 2.45) is 0 Å². The Kier molecular flexibility index (Phi) is 10.2. The highest BCUT2D eigenvalue weighted by atomic mass is 16.5. The minimum atomic E-state index is -0.503. The van der Waals surface area contributed by atoms with Crippen LogP contribution in [0.4, 0.5) is 0 Å². The average Bonchev–Trinajstić information content (AvgIpc) is 2.78. The monoisotopic (exact) mass is 426 g/mol. The molecule has 2 aromatic rings. The zero-order valence-electron chi connectivity index (χ0n) is 18.9. The van der Waals surface area contributed by atoms with Crippen LogP contribution in [0, 0.1) is 0 Å². The van der Waals surface area contributed by atoms with Gasteiger partial charge in [-0.3, -0.25) is 0 Å². The molecule has 170 valence electrons. The van der Waals surface area contributed by atoms with Gasteiger partial charge in [0.05, 0.1) is 7.11 Å². The lowest BCUT2D eigenvalue weighted by Crippen LogP contribution is -2.37. The predicted octanol–water partition coefficient (Wildman–Crippen LogP) is 4.03. The summed E-state index contributed by atoms with van der Waals surface area (Å²) in [5, 5.41) is 14.0. The Hall–Kier alpha value is -2.08. The van der Waals surface area contributed by atoms with Crippen molar-refractivity contribution in [1.82, 2.24) is 10.2 Å². The zero-order valence-corrected chi connectivity index (χ0v) is 18.9. The Bertz CT molecular complexity index is 746. The van der Waals surface area contributed by atoms with Gasteiger partial charge in [-0.25, -0.2) is 0 Å². The van der Waals surface area contributed by atoms with Gasteiger partial charge in [-0.1, -0.05) is 55.7 Å². The molecule has 0 bridgehead atoms. The fraction of sp³-hybridized carbons (Fsp3) is 0.538. The Morgan fingerprint density at radius 2 is 1.68 bits per heavy atom. The number of aliphatic hydroxyl groups excluding tert-OH is 1. The average molecular weight is 427 g/mol. The Balaban J connectivity index is 1.45. The molecule has 0 unspecified atom stereocenters. The Morgan fingerprint density at radius 3 is 2.42 bits per heavy atom. The molecule has 0 saturated carbocycles. The van der Waals surface area contributed by atoms with Crippen molar-refractivity contribution >= 4 is 0 Å². The van der Waals surface area contributed by atoms with E-state index in [-0.39, 0.29) is 6.61 Å². The number of ether oxygens (including phenoxy) is 2. The summed E-state index contributed by atoms with van der Waals surface area (Å²) in [6.45, 7) is 4.78. The number of benzene rings is 2. The van der Waals surface area contributed by atoms with Crippen molar-refractivity contribution in [2.45, 2.75) is 51.2 Å². The standard InChI is InChI=1S/C26H38N2O3/c1-30-25-13-12-23(19-27-15-14-22-10-6-5-7-11-22)18-26(25)31-21-24(29)20-28-16-8-3-2-4-9-17-28/h5-7,10-13,18,24,27,29H,2-4,8-9,14-17,19-21H2,1H3/t24-/m1/s1. The van der Waals surface area contributed by atoms with Gasteiger partial charge in [0.1, 0.15) is 12.7 Å². The summed E-state index contributed by atoms with van der Waals surface area (Å²) in [7, 11) is 1.65. The van der Waals surface area contributed by atoms with Crippen LogP contribution in [-0.2, 0) is 13.0 Å². The highest BCUT2D eigenvalue weighted by molar-refractivity contribution is 5.43. The van der Waals surface area contributed by atoms with E-state index in [1.54, 1.807) is 7.11 Å². The molecule has 0 aliphatic carbocycles. The molecule has 1 atom stereocenters. The molecule has 1 aliphatic heterocycles. The first kappa shape index (κ1) is 23.6. The molecule has 1 fully saturated rings. The van der Waals surface area contributed by atoms with E-state index in [9.17, 15) is 5.11 Å². The molecule has 0 spiro atoms. The molecular formula is C26H38N2O3. The minimum Gasteiger partial charge on any atom is -0.493 e. The Labute approximate surface area is 187 Å². The molecule has 2 aromatic carbocycles. The van der Waals surface area contributed by atoms with E-state index in [4.69, 9.17) is 9.47 Å². The number of aliphatic hydroxyl groups is 1. The minimum absolute atomic E-state index is 0.276. The Morgan fingerprint density at radius 1 is 0.935 bits per heavy atom. The van der Waals surface area contributed by atoms with E-state index < -0.39 is 6.10 Å². The van der Waals surface area contributed by atoms with Crippen LogP contribution in [-0.4, -0.2) is 56.0 Å². The van der Waals surface area contributed by atoms with E-state index in [2.05, 4.69) is 40.5 Å². The summed E-state index contributed by atoms with van der Waals surface area (Å²) in [5.41, 5.74) is 2.48. The normalized spacial score (nSPS) is 16.3. The van der Waals surface area contributed by atoms with Gasteiger partial charge in [-0.2, -0.15) is 0 Å². The lowest BCUT2D eigenvalue weighted by atomic mass is 10.1. The van der Waals surface area contributed by atoms with Crippen molar-refractivity contribution in [3.05, 3.63) is 59.7 Å². The number of hydrogen-bond donors (Lipinski definition) is 2. The molecule has 1 aliphatic rings. The SMILES string of the molecule is COc1ccc(CNCCc2ccccc2)cc1OC[C@H](O)CN1CCCCCCC1. The first-order chi connectivity index (χ1) is 15.2. The van der Waals surface area contributed by atoms with Crippen LogP contribution in [0.3, 0.4) is 0 Å². The summed E-state index contributed by atoms with van der Waals surface area (Å²) in [4.78, 5) is 2.37. The van der Waals surface area contributed by atoms with Crippen molar-refractivity contribution in [2.75, 3.05) is 39.9 Å². The van der Waals surface area contributed by atoms with E-state index in [1.165, 1.54) is 37.7 Å². The molecule has 1 saturated heterocycles. The second-order valence-corrected chi connectivity index (χ2v) is 8.43. The maximum Gasteiger partial charge on any atom is 0.161 e. The molecule has 3 rings (SSSR count). The van der Waals surface area contributed by atoms with Crippen molar-refractivity contribution < 1.29 is 14.6 Å². The van der Waals surface area contributed by atoms with Crippen molar-refractivity contribution in [3.63, 3.8) is 0 Å². The maximum absolute atomic E-state index is 10.5. The number of nitrogens with one attached hydrogen (secondary N) is 1. The molecule has 0 radical (unpaired) electrons. The number of β-amino-alcohol motifs (C(OH)–C–C–N with tert-alkyl or cyclic N) is 1.